The van der Waals surface area contributed by atoms with Gasteiger partial charge in [-0.2, -0.15) is 5.10 Å². The number of nitrogens with zero attached hydrogens (tertiary/aromatic N) is 2. The number of aromatic nitrogens is 2. The summed E-state index contributed by atoms with van der Waals surface area (Å²) in [5.41, 5.74) is 2.69. The first-order valence-corrected chi connectivity index (χ1v) is 6.59. The number of nitrogens with one attached hydrogen (secondary N) is 1. The van der Waals surface area contributed by atoms with Crippen molar-refractivity contribution in [2.24, 2.45) is 7.05 Å². The van der Waals surface area contributed by atoms with Crippen molar-refractivity contribution in [3.63, 3.8) is 0 Å². The van der Waals surface area contributed by atoms with Crippen molar-refractivity contribution < 1.29 is 4.39 Å². The first-order chi connectivity index (χ1) is 9.06. The summed E-state index contributed by atoms with van der Waals surface area (Å²) in [6, 6.07) is 6.23. The molecule has 1 heterocycles. The Hall–Kier alpha value is -1.39. The van der Waals surface area contributed by atoms with Crippen LogP contribution in [0.1, 0.15) is 29.9 Å². The van der Waals surface area contributed by atoms with E-state index in [1.807, 2.05) is 20.2 Å². The Kier molecular flexibility index (Phi) is 4.22. The predicted molar refractivity (Wildman–Crippen MR) is 74.9 cm³/mol. The van der Waals surface area contributed by atoms with Crippen LogP contribution < -0.4 is 5.32 Å². The van der Waals surface area contributed by atoms with Crippen molar-refractivity contribution in [1.82, 2.24) is 15.1 Å². The summed E-state index contributed by atoms with van der Waals surface area (Å²) in [4.78, 5) is 0. The van der Waals surface area contributed by atoms with E-state index < -0.39 is 0 Å². The Labute approximate surface area is 117 Å². The molecule has 1 aromatic carbocycles. The van der Waals surface area contributed by atoms with Crippen molar-refractivity contribution >= 4 is 11.6 Å². The fraction of sp³-hybridized carbons (Fsp3) is 0.357. The van der Waals surface area contributed by atoms with E-state index in [-0.39, 0.29) is 11.9 Å². The lowest BCUT2D eigenvalue weighted by molar-refractivity contribution is 0.590. The molecule has 3 nitrogen and oxygen atoms in total. The molecule has 0 aliphatic heterocycles. The van der Waals surface area contributed by atoms with E-state index in [9.17, 15) is 4.39 Å². The van der Waals surface area contributed by atoms with Crippen LogP contribution in [0.4, 0.5) is 4.39 Å². The van der Waals surface area contributed by atoms with Crippen molar-refractivity contribution in [3.05, 3.63) is 52.1 Å². The molecule has 0 radical (unpaired) electrons. The van der Waals surface area contributed by atoms with Crippen LogP contribution in [0, 0.1) is 5.82 Å². The lowest BCUT2D eigenvalue weighted by Crippen LogP contribution is -2.21. The Morgan fingerprint density at radius 1 is 1.42 bits per heavy atom. The summed E-state index contributed by atoms with van der Waals surface area (Å²) in [5.74, 6) is -0.294. The Bertz CT molecular complexity index is 580. The largest absolute Gasteiger partial charge is 0.308 e. The van der Waals surface area contributed by atoms with Crippen LogP contribution in [-0.2, 0) is 13.5 Å². The van der Waals surface area contributed by atoms with Crippen molar-refractivity contribution in [2.75, 3.05) is 7.05 Å². The molecule has 0 aliphatic rings. The molecule has 5 heteroatoms. The van der Waals surface area contributed by atoms with E-state index in [0.717, 1.165) is 23.4 Å². The highest BCUT2D eigenvalue weighted by Gasteiger charge is 2.20. The molecule has 1 aromatic heterocycles. The van der Waals surface area contributed by atoms with Gasteiger partial charge in [0.2, 0.25) is 0 Å². The predicted octanol–water partition coefficient (Wildman–Crippen LogP) is 3.08. The van der Waals surface area contributed by atoms with Gasteiger partial charge >= 0.3 is 0 Å². The van der Waals surface area contributed by atoms with Gasteiger partial charge in [0.05, 0.1) is 17.4 Å². The number of aryl methyl sites for hydroxylation is 2. The molecule has 102 valence electrons. The fourth-order valence-electron chi connectivity index (χ4n) is 2.18. The van der Waals surface area contributed by atoms with Gasteiger partial charge in [-0.25, -0.2) is 4.39 Å². The van der Waals surface area contributed by atoms with Crippen molar-refractivity contribution in [3.8, 4) is 0 Å². The molecule has 2 rings (SSSR count). The summed E-state index contributed by atoms with van der Waals surface area (Å²) in [6.45, 7) is 2.05. The van der Waals surface area contributed by atoms with Crippen LogP contribution >= 0.6 is 11.6 Å². The monoisotopic (exact) mass is 281 g/mol. The van der Waals surface area contributed by atoms with E-state index in [2.05, 4.69) is 17.3 Å². The Morgan fingerprint density at radius 2 is 2.16 bits per heavy atom. The van der Waals surface area contributed by atoms with Gasteiger partial charge in [-0.05, 0) is 43.3 Å². The Morgan fingerprint density at radius 3 is 2.74 bits per heavy atom. The van der Waals surface area contributed by atoms with Crippen molar-refractivity contribution in [1.29, 1.82) is 0 Å². The zero-order chi connectivity index (χ0) is 14.0. The minimum Gasteiger partial charge on any atom is -0.308 e. The van der Waals surface area contributed by atoms with Gasteiger partial charge in [-0.15, -0.1) is 0 Å². The molecular weight excluding hydrogens is 265 g/mol. The third-order valence-corrected chi connectivity index (χ3v) is 3.53. The number of halogens is 2. The van der Waals surface area contributed by atoms with Gasteiger partial charge in [-0.1, -0.05) is 18.5 Å². The molecule has 0 saturated heterocycles. The van der Waals surface area contributed by atoms with E-state index in [1.165, 1.54) is 12.1 Å². The van der Waals surface area contributed by atoms with Crippen LogP contribution in [-0.4, -0.2) is 16.8 Å². The standard InChI is InChI=1S/C14H17ClFN3/c1-4-10-8-13(19(3)18-10)14(17-2)11-7-9(16)5-6-12(11)15/h5-8,14,17H,4H2,1-3H3. The second-order valence-electron chi connectivity index (χ2n) is 4.43. The number of hydrogen-bond donors (Lipinski definition) is 1. The zero-order valence-corrected chi connectivity index (χ0v) is 12.0. The van der Waals surface area contributed by atoms with Crippen LogP contribution in [0.3, 0.4) is 0 Å². The smallest absolute Gasteiger partial charge is 0.123 e. The van der Waals surface area contributed by atoms with E-state index in [1.54, 1.807) is 10.7 Å². The SMILES string of the molecule is CCc1cc(C(NC)c2cc(F)ccc2Cl)n(C)n1. The average molecular weight is 282 g/mol. The van der Waals surface area contributed by atoms with Gasteiger partial charge in [0, 0.05) is 12.1 Å². The summed E-state index contributed by atoms with van der Waals surface area (Å²) in [7, 11) is 3.70. The summed E-state index contributed by atoms with van der Waals surface area (Å²) >= 11 is 6.18. The van der Waals surface area contributed by atoms with Crippen molar-refractivity contribution in [2.45, 2.75) is 19.4 Å². The lowest BCUT2D eigenvalue weighted by Gasteiger charge is -2.18. The van der Waals surface area contributed by atoms with Crippen LogP contribution in [0.15, 0.2) is 24.3 Å². The first kappa shape index (κ1) is 14.0. The maximum absolute atomic E-state index is 13.4. The fourth-order valence-corrected chi connectivity index (χ4v) is 2.41. The highest BCUT2D eigenvalue weighted by Crippen LogP contribution is 2.29. The van der Waals surface area contributed by atoms with Gasteiger partial charge in [0.15, 0.2) is 0 Å². The van der Waals surface area contributed by atoms with E-state index in [0.29, 0.717) is 5.02 Å². The van der Waals surface area contributed by atoms with E-state index in [4.69, 9.17) is 11.6 Å². The highest BCUT2D eigenvalue weighted by atomic mass is 35.5. The zero-order valence-electron chi connectivity index (χ0n) is 11.2. The van der Waals surface area contributed by atoms with Gasteiger partial charge < -0.3 is 5.32 Å². The maximum Gasteiger partial charge on any atom is 0.123 e. The molecule has 0 bridgehead atoms. The summed E-state index contributed by atoms with van der Waals surface area (Å²) < 4.78 is 15.2. The lowest BCUT2D eigenvalue weighted by atomic mass is 10.0. The molecule has 0 amide bonds. The maximum atomic E-state index is 13.4. The molecular formula is C14H17ClFN3. The van der Waals surface area contributed by atoms with Gasteiger partial charge in [-0.3, -0.25) is 4.68 Å². The molecule has 1 N–H and O–H groups in total. The number of benzene rings is 1. The van der Waals surface area contributed by atoms with Crippen LogP contribution in [0.5, 0.6) is 0 Å². The molecule has 1 unspecified atom stereocenters. The minimum absolute atomic E-state index is 0.180. The third kappa shape index (κ3) is 2.80. The number of rotatable bonds is 4. The summed E-state index contributed by atoms with van der Waals surface area (Å²) in [5, 5.41) is 8.13. The highest BCUT2D eigenvalue weighted by molar-refractivity contribution is 6.31. The molecule has 1 atom stereocenters. The minimum atomic E-state index is -0.294. The van der Waals surface area contributed by atoms with Gasteiger partial charge in [0.1, 0.15) is 5.82 Å². The number of hydrogen-bond acceptors (Lipinski definition) is 2. The van der Waals surface area contributed by atoms with Crippen LogP contribution in [0.2, 0.25) is 5.02 Å². The summed E-state index contributed by atoms with van der Waals surface area (Å²) in [6.07, 6.45) is 0.862. The normalized spacial score (nSPS) is 12.7. The van der Waals surface area contributed by atoms with Crippen LogP contribution in [0.25, 0.3) is 0 Å². The molecule has 2 aromatic rings. The molecule has 0 fully saturated rings. The second kappa shape index (κ2) is 5.72. The third-order valence-electron chi connectivity index (χ3n) is 3.18. The molecule has 19 heavy (non-hydrogen) atoms. The Balaban J connectivity index is 2.49. The average Bonchev–Trinajstić information content (AvgIpc) is 2.76. The van der Waals surface area contributed by atoms with Gasteiger partial charge in [0.25, 0.3) is 0 Å². The topological polar surface area (TPSA) is 29.9 Å². The first-order valence-electron chi connectivity index (χ1n) is 6.21. The quantitative estimate of drug-likeness (QED) is 0.933. The van der Waals surface area contributed by atoms with E-state index >= 15 is 0 Å². The second-order valence-corrected chi connectivity index (χ2v) is 4.83. The molecule has 0 aliphatic carbocycles. The molecule has 0 saturated carbocycles. The molecule has 0 spiro atoms.